The van der Waals surface area contributed by atoms with Crippen molar-refractivity contribution in [1.29, 1.82) is 0 Å². The Kier molecular flexibility index (Phi) is 5.84. The Morgan fingerprint density at radius 1 is 0.744 bits per heavy atom. The first-order valence-corrected chi connectivity index (χ1v) is 12.8. The van der Waals surface area contributed by atoms with Gasteiger partial charge >= 0.3 is 0 Å². The summed E-state index contributed by atoms with van der Waals surface area (Å²) in [6, 6.07) is 26.5. The van der Waals surface area contributed by atoms with Crippen LogP contribution in [-0.2, 0) is 13.1 Å². The van der Waals surface area contributed by atoms with E-state index in [9.17, 15) is 0 Å². The highest BCUT2D eigenvalue weighted by atomic mass is 15.2. The van der Waals surface area contributed by atoms with Crippen LogP contribution in [0.4, 0.5) is 0 Å². The zero-order valence-electron chi connectivity index (χ0n) is 21.0. The van der Waals surface area contributed by atoms with Gasteiger partial charge in [-0.3, -0.25) is 15.1 Å². The molecule has 0 amide bonds. The molecular formula is C31H24N8. The van der Waals surface area contributed by atoms with Gasteiger partial charge in [0.25, 0.3) is 0 Å². The molecule has 5 aromatic heterocycles. The topological polar surface area (TPSA) is 108 Å². The van der Waals surface area contributed by atoms with Crippen LogP contribution < -0.4 is 5.32 Å². The summed E-state index contributed by atoms with van der Waals surface area (Å²) in [7, 11) is 0. The predicted octanol–water partition coefficient (Wildman–Crippen LogP) is 5.92. The van der Waals surface area contributed by atoms with Crippen molar-refractivity contribution in [3.8, 4) is 33.9 Å². The smallest absolute Gasteiger partial charge is 0.181 e. The number of benzene rings is 2. The van der Waals surface area contributed by atoms with Crippen LogP contribution in [0.5, 0.6) is 0 Å². The van der Waals surface area contributed by atoms with Gasteiger partial charge in [-0.1, -0.05) is 48.5 Å². The molecule has 5 heterocycles. The van der Waals surface area contributed by atoms with Gasteiger partial charge in [-0.15, -0.1) is 0 Å². The fourth-order valence-electron chi connectivity index (χ4n) is 4.81. The normalized spacial score (nSPS) is 11.4. The van der Waals surface area contributed by atoms with Crippen LogP contribution in [0.1, 0.15) is 11.1 Å². The van der Waals surface area contributed by atoms with E-state index in [-0.39, 0.29) is 0 Å². The Morgan fingerprint density at radius 2 is 1.62 bits per heavy atom. The van der Waals surface area contributed by atoms with Crippen LogP contribution >= 0.6 is 0 Å². The van der Waals surface area contributed by atoms with Gasteiger partial charge in [0.05, 0.1) is 22.1 Å². The Morgan fingerprint density at radius 3 is 2.51 bits per heavy atom. The third kappa shape index (κ3) is 4.54. The van der Waals surface area contributed by atoms with Crippen LogP contribution in [0, 0.1) is 0 Å². The second-order valence-electron chi connectivity index (χ2n) is 9.37. The molecule has 0 aliphatic rings. The molecule has 39 heavy (non-hydrogen) atoms. The summed E-state index contributed by atoms with van der Waals surface area (Å²) in [5.41, 5.74) is 9.39. The first kappa shape index (κ1) is 22.9. The number of pyridine rings is 3. The number of hydrogen-bond donors (Lipinski definition) is 3. The van der Waals surface area contributed by atoms with E-state index < -0.39 is 0 Å². The summed E-state index contributed by atoms with van der Waals surface area (Å²) >= 11 is 0. The number of hydrogen-bond acceptors (Lipinski definition) is 6. The average molecular weight is 509 g/mol. The second kappa shape index (κ2) is 9.92. The van der Waals surface area contributed by atoms with Crippen molar-refractivity contribution >= 4 is 22.1 Å². The third-order valence-electron chi connectivity index (χ3n) is 6.73. The zero-order chi connectivity index (χ0) is 26.0. The fraction of sp³-hybridized carbons (Fsp3) is 0.0645. The van der Waals surface area contributed by atoms with Gasteiger partial charge in [0.15, 0.2) is 11.5 Å². The van der Waals surface area contributed by atoms with E-state index in [1.807, 2.05) is 61.1 Å². The standard InChI is InChI=1S/C31H24N8/c1-2-7-20(8-3-1)15-32-16-21-13-22(18-33-17-21)23-14-25-29(38-39-30(25)35-19-23)31-36-27-11-6-9-24(28(27)37-31)26-10-4-5-12-34-26/h1-14,17-19,32H,15-16H2,(H,36,37)(H,35,38,39). The number of aromatic amines is 2. The molecule has 0 unspecified atom stereocenters. The molecule has 0 spiro atoms. The molecule has 8 heteroatoms. The van der Waals surface area contributed by atoms with Crippen molar-refractivity contribution in [2.75, 3.05) is 0 Å². The third-order valence-corrected chi connectivity index (χ3v) is 6.73. The van der Waals surface area contributed by atoms with Crippen LogP contribution in [0.15, 0.2) is 104 Å². The number of nitrogens with one attached hydrogen (secondary N) is 3. The minimum atomic E-state index is 0.632. The van der Waals surface area contributed by atoms with Gasteiger partial charge in [-0.25, -0.2) is 9.97 Å². The Hall–Kier alpha value is -5.21. The van der Waals surface area contributed by atoms with Gasteiger partial charge in [0.2, 0.25) is 0 Å². The Bertz CT molecular complexity index is 1890. The fourth-order valence-corrected chi connectivity index (χ4v) is 4.81. The first-order chi connectivity index (χ1) is 19.3. The minimum absolute atomic E-state index is 0.632. The van der Waals surface area contributed by atoms with Crippen LogP contribution in [0.2, 0.25) is 0 Å². The summed E-state index contributed by atoms with van der Waals surface area (Å²) in [5, 5.41) is 12.0. The molecule has 8 nitrogen and oxygen atoms in total. The molecule has 0 fully saturated rings. The van der Waals surface area contributed by atoms with E-state index in [2.05, 4.69) is 71.8 Å². The van der Waals surface area contributed by atoms with E-state index in [0.717, 1.165) is 63.2 Å². The number of H-pyrrole nitrogens is 2. The van der Waals surface area contributed by atoms with Crippen molar-refractivity contribution in [3.63, 3.8) is 0 Å². The molecule has 0 aliphatic carbocycles. The van der Waals surface area contributed by atoms with Gasteiger partial charge in [0, 0.05) is 54.6 Å². The molecule has 0 aliphatic heterocycles. The largest absolute Gasteiger partial charge is 0.337 e. The molecule has 7 aromatic rings. The molecule has 0 saturated carbocycles. The highest BCUT2D eigenvalue weighted by Gasteiger charge is 2.16. The highest BCUT2D eigenvalue weighted by Crippen LogP contribution is 2.32. The zero-order valence-corrected chi connectivity index (χ0v) is 21.0. The molecule has 0 bridgehead atoms. The lowest BCUT2D eigenvalue weighted by Gasteiger charge is -2.07. The number of fused-ring (bicyclic) bond motifs is 2. The van der Waals surface area contributed by atoms with Crippen molar-refractivity contribution in [2.24, 2.45) is 0 Å². The Balaban J connectivity index is 1.20. The van der Waals surface area contributed by atoms with Gasteiger partial charge < -0.3 is 10.3 Å². The molecule has 7 rings (SSSR count). The molecule has 0 atom stereocenters. The van der Waals surface area contributed by atoms with Crippen molar-refractivity contribution in [3.05, 3.63) is 115 Å². The van der Waals surface area contributed by atoms with E-state index in [1.54, 1.807) is 6.20 Å². The van der Waals surface area contributed by atoms with Crippen molar-refractivity contribution in [1.82, 2.24) is 40.4 Å². The molecule has 3 N–H and O–H groups in total. The van der Waals surface area contributed by atoms with Gasteiger partial charge in [-0.2, -0.15) is 5.10 Å². The lowest BCUT2D eigenvalue weighted by Crippen LogP contribution is -2.12. The number of para-hydroxylation sites is 1. The number of rotatable bonds is 7. The molecule has 2 aromatic carbocycles. The van der Waals surface area contributed by atoms with Crippen LogP contribution in [-0.4, -0.2) is 35.1 Å². The maximum absolute atomic E-state index is 4.94. The molecule has 0 saturated heterocycles. The van der Waals surface area contributed by atoms with E-state index in [1.165, 1.54) is 5.56 Å². The lowest BCUT2D eigenvalue weighted by molar-refractivity contribution is 0.691. The minimum Gasteiger partial charge on any atom is -0.337 e. The van der Waals surface area contributed by atoms with E-state index in [4.69, 9.17) is 4.98 Å². The monoisotopic (exact) mass is 508 g/mol. The summed E-state index contributed by atoms with van der Waals surface area (Å²) in [4.78, 5) is 22.0. The second-order valence-corrected chi connectivity index (χ2v) is 9.37. The average Bonchev–Trinajstić information content (AvgIpc) is 3.62. The predicted molar refractivity (Wildman–Crippen MR) is 152 cm³/mol. The summed E-state index contributed by atoms with van der Waals surface area (Å²) in [5.74, 6) is 0.701. The summed E-state index contributed by atoms with van der Waals surface area (Å²) in [6.07, 6.45) is 7.39. The van der Waals surface area contributed by atoms with E-state index >= 15 is 0 Å². The lowest BCUT2D eigenvalue weighted by atomic mass is 10.1. The van der Waals surface area contributed by atoms with Gasteiger partial charge in [0.1, 0.15) is 5.69 Å². The number of aromatic nitrogens is 7. The Labute approximate surface area is 224 Å². The van der Waals surface area contributed by atoms with Crippen LogP contribution in [0.3, 0.4) is 0 Å². The number of nitrogens with zero attached hydrogens (tertiary/aromatic N) is 5. The van der Waals surface area contributed by atoms with Gasteiger partial charge in [-0.05, 0) is 41.5 Å². The summed E-state index contributed by atoms with van der Waals surface area (Å²) in [6.45, 7) is 1.52. The van der Waals surface area contributed by atoms with Crippen molar-refractivity contribution in [2.45, 2.75) is 13.1 Å². The summed E-state index contributed by atoms with van der Waals surface area (Å²) < 4.78 is 0. The molecular weight excluding hydrogens is 484 g/mol. The SMILES string of the molecule is c1ccc(CNCc2cncc(-c3cnc4n[nH]c(-c5nc6c(-c7ccccn7)cccc6[nH]5)c4c3)c2)cc1. The van der Waals surface area contributed by atoms with E-state index in [0.29, 0.717) is 11.5 Å². The highest BCUT2D eigenvalue weighted by molar-refractivity contribution is 5.96. The number of imidazole rings is 1. The first-order valence-electron chi connectivity index (χ1n) is 12.8. The maximum atomic E-state index is 4.94. The van der Waals surface area contributed by atoms with Crippen LogP contribution in [0.25, 0.3) is 56.0 Å². The van der Waals surface area contributed by atoms with Crippen molar-refractivity contribution < 1.29 is 0 Å². The molecule has 0 radical (unpaired) electrons. The molecule has 188 valence electrons. The maximum Gasteiger partial charge on any atom is 0.181 e. The quantitative estimate of drug-likeness (QED) is 0.247.